The van der Waals surface area contributed by atoms with Gasteiger partial charge in [-0.05, 0) is 41.1 Å². The van der Waals surface area contributed by atoms with Gasteiger partial charge in [-0.3, -0.25) is 4.90 Å². The second kappa shape index (κ2) is 7.17. The Balaban J connectivity index is 1.50. The van der Waals surface area contributed by atoms with E-state index in [0.717, 1.165) is 31.6 Å². The van der Waals surface area contributed by atoms with Gasteiger partial charge in [-0.15, -0.1) is 11.3 Å². The van der Waals surface area contributed by atoms with E-state index in [4.69, 9.17) is 4.74 Å². The molecule has 0 amide bonds. The van der Waals surface area contributed by atoms with Crippen molar-refractivity contribution in [2.24, 2.45) is 0 Å². The van der Waals surface area contributed by atoms with Gasteiger partial charge in [-0.1, -0.05) is 12.1 Å². The lowest BCUT2D eigenvalue weighted by molar-refractivity contribution is 0.0730. The van der Waals surface area contributed by atoms with Gasteiger partial charge in [0.2, 0.25) is 10.0 Å². The molecule has 5 nitrogen and oxygen atoms in total. The zero-order chi connectivity index (χ0) is 17.3. The highest BCUT2D eigenvalue weighted by Crippen LogP contribution is 2.26. The fourth-order valence-electron chi connectivity index (χ4n) is 3.44. The predicted octanol–water partition coefficient (Wildman–Crippen LogP) is 2.33. The Bertz CT molecular complexity index is 842. The van der Waals surface area contributed by atoms with E-state index in [2.05, 4.69) is 16.3 Å². The lowest BCUT2D eigenvalue weighted by Gasteiger charge is -2.28. The third kappa shape index (κ3) is 3.66. The van der Waals surface area contributed by atoms with Gasteiger partial charge in [0, 0.05) is 37.6 Å². The van der Waals surface area contributed by atoms with Gasteiger partial charge < -0.3 is 4.74 Å². The lowest BCUT2D eigenvalue weighted by atomic mass is 10.1. The summed E-state index contributed by atoms with van der Waals surface area (Å²) in [4.78, 5) is 4.26. The molecule has 0 radical (unpaired) electrons. The van der Waals surface area contributed by atoms with Gasteiger partial charge in [-0.25, -0.2) is 8.42 Å². The number of sulfonamides is 1. The Morgan fingerprint density at radius 2 is 1.96 bits per heavy atom. The third-order valence-corrected chi connectivity index (χ3v) is 7.72. The Hall–Kier alpha value is -1.25. The van der Waals surface area contributed by atoms with Crippen molar-refractivity contribution in [2.75, 3.05) is 32.8 Å². The van der Waals surface area contributed by atoms with Crippen LogP contribution in [-0.2, 0) is 34.3 Å². The smallest absolute Gasteiger partial charge is 0.243 e. The number of hydrogen-bond donors (Lipinski definition) is 0. The number of benzene rings is 1. The molecule has 2 aliphatic rings. The average Bonchev–Trinajstić information content (AvgIpc) is 3.10. The van der Waals surface area contributed by atoms with Crippen molar-refractivity contribution < 1.29 is 13.2 Å². The zero-order valence-corrected chi connectivity index (χ0v) is 15.7. The normalized spacial score (nSPS) is 19.7. The molecule has 1 aromatic carbocycles. The van der Waals surface area contributed by atoms with E-state index in [1.807, 2.05) is 29.5 Å². The van der Waals surface area contributed by atoms with Gasteiger partial charge in [-0.2, -0.15) is 4.31 Å². The molecule has 0 N–H and O–H groups in total. The van der Waals surface area contributed by atoms with Crippen molar-refractivity contribution in [3.8, 4) is 0 Å². The average molecular weight is 379 g/mol. The van der Waals surface area contributed by atoms with Gasteiger partial charge in [0.1, 0.15) is 0 Å². The molecule has 1 fully saturated rings. The summed E-state index contributed by atoms with van der Waals surface area (Å²) in [5, 5.41) is 2.16. The van der Waals surface area contributed by atoms with Crippen molar-refractivity contribution in [2.45, 2.75) is 24.4 Å². The summed E-state index contributed by atoms with van der Waals surface area (Å²) in [5.41, 5.74) is 2.46. The molecule has 4 rings (SSSR count). The van der Waals surface area contributed by atoms with Crippen molar-refractivity contribution in [1.82, 2.24) is 9.21 Å². The number of hydrogen-bond acceptors (Lipinski definition) is 5. The summed E-state index contributed by atoms with van der Waals surface area (Å²) < 4.78 is 32.4. The van der Waals surface area contributed by atoms with Crippen LogP contribution in [-0.4, -0.2) is 50.5 Å². The number of morpholine rings is 1. The molecule has 7 heteroatoms. The van der Waals surface area contributed by atoms with Gasteiger partial charge in [0.25, 0.3) is 0 Å². The Kier molecular flexibility index (Phi) is 4.92. The van der Waals surface area contributed by atoms with Crippen LogP contribution in [0.3, 0.4) is 0 Å². The molecule has 0 spiro atoms. The Labute approximate surface area is 152 Å². The van der Waals surface area contributed by atoms with Crippen LogP contribution in [0.1, 0.15) is 16.0 Å². The molecule has 3 heterocycles. The first-order valence-electron chi connectivity index (χ1n) is 8.57. The highest BCUT2D eigenvalue weighted by molar-refractivity contribution is 7.89. The highest BCUT2D eigenvalue weighted by Gasteiger charge is 2.26. The van der Waals surface area contributed by atoms with Crippen LogP contribution >= 0.6 is 11.3 Å². The maximum absolute atomic E-state index is 12.8. The number of rotatable bonds is 4. The molecule has 1 aromatic heterocycles. The number of thiophene rings is 1. The number of ether oxygens (including phenoxy) is 1. The van der Waals surface area contributed by atoms with E-state index in [0.29, 0.717) is 31.2 Å². The van der Waals surface area contributed by atoms with Gasteiger partial charge in [0.05, 0.1) is 18.1 Å². The molecule has 134 valence electrons. The topological polar surface area (TPSA) is 49.9 Å². The maximum Gasteiger partial charge on any atom is 0.243 e. The molecular formula is C18H22N2O3S2. The molecule has 0 unspecified atom stereocenters. The van der Waals surface area contributed by atoms with Crippen LogP contribution in [0.25, 0.3) is 0 Å². The summed E-state index contributed by atoms with van der Waals surface area (Å²) in [6.07, 6.45) is 1.08. The first-order chi connectivity index (χ1) is 12.1. The number of nitrogens with zero attached hydrogens (tertiary/aromatic N) is 2. The third-order valence-electron chi connectivity index (χ3n) is 4.80. The van der Waals surface area contributed by atoms with Crippen LogP contribution < -0.4 is 0 Å². The summed E-state index contributed by atoms with van der Waals surface area (Å²) in [5.74, 6) is 0. The largest absolute Gasteiger partial charge is 0.379 e. The fraction of sp³-hybridized carbons (Fsp3) is 0.444. The summed E-state index contributed by atoms with van der Waals surface area (Å²) in [6.45, 7) is 4.54. The molecule has 2 aromatic rings. The monoisotopic (exact) mass is 378 g/mol. The molecule has 0 saturated carbocycles. The van der Waals surface area contributed by atoms with Crippen LogP contribution in [0.2, 0.25) is 0 Å². The highest BCUT2D eigenvalue weighted by atomic mass is 32.2. The molecule has 25 heavy (non-hydrogen) atoms. The summed E-state index contributed by atoms with van der Waals surface area (Å²) >= 11 is 1.83. The Morgan fingerprint density at radius 3 is 2.80 bits per heavy atom. The minimum Gasteiger partial charge on any atom is -0.379 e. The van der Waals surface area contributed by atoms with Crippen LogP contribution in [0.15, 0.2) is 40.6 Å². The van der Waals surface area contributed by atoms with Crippen molar-refractivity contribution in [3.63, 3.8) is 0 Å². The molecule has 0 atom stereocenters. The van der Waals surface area contributed by atoms with E-state index < -0.39 is 10.0 Å². The Morgan fingerprint density at radius 1 is 1.12 bits per heavy atom. The van der Waals surface area contributed by atoms with Crippen LogP contribution in [0.5, 0.6) is 0 Å². The van der Waals surface area contributed by atoms with Crippen molar-refractivity contribution in [3.05, 3.63) is 51.7 Å². The van der Waals surface area contributed by atoms with Crippen LogP contribution in [0.4, 0.5) is 0 Å². The molecule has 0 aliphatic carbocycles. The van der Waals surface area contributed by atoms with Gasteiger partial charge >= 0.3 is 0 Å². The van der Waals surface area contributed by atoms with Crippen molar-refractivity contribution in [1.29, 1.82) is 0 Å². The lowest BCUT2D eigenvalue weighted by Crippen LogP contribution is -2.40. The summed E-state index contributed by atoms with van der Waals surface area (Å²) in [6, 6.07) is 9.59. The van der Waals surface area contributed by atoms with E-state index in [1.54, 1.807) is 6.07 Å². The molecule has 2 aliphatic heterocycles. The van der Waals surface area contributed by atoms with Crippen molar-refractivity contribution >= 4 is 21.4 Å². The minimum absolute atomic E-state index is 0.389. The van der Waals surface area contributed by atoms with E-state index in [9.17, 15) is 8.42 Å². The van der Waals surface area contributed by atoms with E-state index >= 15 is 0 Å². The maximum atomic E-state index is 12.8. The van der Waals surface area contributed by atoms with E-state index in [-0.39, 0.29) is 0 Å². The second-order valence-electron chi connectivity index (χ2n) is 6.49. The molecule has 1 saturated heterocycles. The van der Waals surface area contributed by atoms with E-state index in [1.165, 1.54) is 14.7 Å². The predicted molar refractivity (Wildman–Crippen MR) is 98.2 cm³/mol. The SMILES string of the molecule is O=S(=O)(c1cccc(CN2CCc3sccc3C2)c1)N1CCOCC1. The van der Waals surface area contributed by atoms with Crippen LogP contribution in [0, 0.1) is 0 Å². The number of fused-ring (bicyclic) bond motifs is 1. The summed E-state index contributed by atoms with van der Waals surface area (Å²) in [7, 11) is -3.43. The quantitative estimate of drug-likeness (QED) is 0.819. The fourth-order valence-corrected chi connectivity index (χ4v) is 5.81. The second-order valence-corrected chi connectivity index (χ2v) is 9.43. The first-order valence-corrected chi connectivity index (χ1v) is 10.9. The zero-order valence-electron chi connectivity index (χ0n) is 14.1. The molecular weight excluding hydrogens is 356 g/mol. The van der Waals surface area contributed by atoms with Gasteiger partial charge in [0.15, 0.2) is 0 Å². The minimum atomic E-state index is -3.43. The first kappa shape index (κ1) is 17.2. The molecule has 0 bridgehead atoms. The standard InChI is InChI=1S/C18H22N2O3S2/c21-25(22,20-7-9-23-10-8-20)17-3-1-2-15(12-17)13-19-6-4-18-16(14-19)5-11-24-18/h1-3,5,11-12H,4,6-10,13-14H2.